The predicted molar refractivity (Wildman–Crippen MR) is 58.5 cm³/mol. The van der Waals surface area contributed by atoms with E-state index < -0.39 is 12.0 Å². The summed E-state index contributed by atoms with van der Waals surface area (Å²) in [6.45, 7) is 2.30. The number of carbonyl (C=O) groups excluding carboxylic acids is 1. The van der Waals surface area contributed by atoms with Crippen molar-refractivity contribution in [3.05, 3.63) is 0 Å². The molecule has 2 atom stereocenters. The van der Waals surface area contributed by atoms with Crippen molar-refractivity contribution in [2.75, 3.05) is 12.8 Å². The normalized spacial score (nSPS) is 22.8. The number of rotatable bonds is 4. The lowest BCUT2D eigenvalue weighted by molar-refractivity contribution is -0.148. The third-order valence-corrected chi connectivity index (χ3v) is 3.08. The minimum absolute atomic E-state index is 0.130. The van der Waals surface area contributed by atoms with Gasteiger partial charge < -0.3 is 10.0 Å². The first-order valence-corrected chi connectivity index (χ1v) is 6.12. The van der Waals surface area contributed by atoms with Crippen LogP contribution in [0.1, 0.15) is 19.8 Å². The Morgan fingerprint density at radius 3 is 2.80 bits per heavy atom. The number of nitrogens with one attached hydrogen (secondary N) is 1. The average Bonchev–Trinajstić information content (AvgIpc) is 2.65. The van der Waals surface area contributed by atoms with Crippen molar-refractivity contribution >= 4 is 23.8 Å². The van der Waals surface area contributed by atoms with Gasteiger partial charge in [0.25, 0.3) is 0 Å². The van der Waals surface area contributed by atoms with Crippen LogP contribution in [0.2, 0.25) is 0 Å². The van der Waals surface area contributed by atoms with E-state index in [9.17, 15) is 9.59 Å². The average molecular weight is 232 g/mol. The number of likely N-dealkylation sites (tertiary alicyclic amines) is 1. The zero-order chi connectivity index (χ0) is 11.4. The Hall–Kier alpha value is -0.750. The molecular formula is C9H16N2O3S. The molecule has 0 aromatic heterocycles. The fraction of sp³-hybridized carbons (Fsp3) is 0.778. The number of hydrogen-bond donors (Lipinski definition) is 2. The van der Waals surface area contributed by atoms with Crippen LogP contribution < -0.4 is 4.72 Å². The van der Waals surface area contributed by atoms with Gasteiger partial charge in [0.1, 0.15) is 6.04 Å². The van der Waals surface area contributed by atoms with Gasteiger partial charge in [-0.05, 0) is 26.0 Å². The fourth-order valence-corrected chi connectivity index (χ4v) is 2.22. The molecule has 6 heteroatoms. The van der Waals surface area contributed by atoms with Gasteiger partial charge in [-0.15, -0.1) is 0 Å². The molecule has 1 aliphatic heterocycles. The Kier molecular flexibility index (Phi) is 4.41. The van der Waals surface area contributed by atoms with E-state index in [1.807, 2.05) is 6.26 Å². The van der Waals surface area contributed by atoms with E-state index in [1.54, 1.807) is 6.92 Å². The summed E-state index contributed by atoms with van der Waals surface area (Å²) in [5, 5.41) is 8.92. The molecule has 1 fully saturated rings. The lowest BCUT2D eigenvalue weighted by Gasteiger charge is -2.24. The van der Waals surface area contributed by atoms with Crippen molar-refractivity contribution < 1.29 is 14.7 Å². The maximum atomic E-state index is 11.8. The first kappa shape index (κ1) is 12.3. The zero-order valence-electron chi connectivity index (χ0n) is 8.90. The second-order valence-electron chi connectivity index (χ2n) is 3.57. The van der Waals surface area contributed by atoms with Crippen molar-refractivity contribution in [1.82, 2.24) is 9.62 Å². The van der Waals surface area contributed by atoms with E-state index in [1.165, 1.54) is 16.8 Å². The Morgan fingerprint density at radius 1 is 1.60 bits per heavy atom. The van der Waals surface area contributed by atoms with Crippen molar-refractivity contribution in [3.8, 4) is 0 Å². The van der Waals surface area contributed by atoms with Gasteiger partial charge >= 0.3 is 5.97 Å². The summed E-state index contributed by atoms with van der Waals surface area (Å²) in [6, 6.07) is -0.969. The van der Waals surface area contributed by atoms with Crippen molar-refractivity contribution in [3.63, 3.8) is 0 Å². The number of amides is 1. The van der Waals surface area contributed by atoms with Crippen LogP contribution in [0.25, 0.3) is 0 Å². The Bertz CT molecular complexity index is 260. The highest BCUT2D eigenvalue weighted by atomic mass is 32.2. The number of hydrogen-bond acceptors (Lipinski definition) is 4. The molecule has 0 aromatic carbocycles. The predicted octanol–water partition coefficient (Wildman–Crippen LogP) is 0.318. The fourth-order valence-electron chi connectivity index (χ4n) is 1.76. The summed E-state index contributed by atoms with van der Waals surface area (Å²) >= 11 is 1.36. The quantitative estimate of drug-likeness (QED) is 0.683. The first-order chi connectivity index (χ1) is 7.07. The Labute approximate surface area is 93.3 Å². The molecule has 0 unspecified atom stereocenters. The molecular weight excluding hydrogens is 216 g/mol. The number of nitrogens with zero attached hydrogens (tertiary/aromatic N) is 1. The monoisotopic (exact) mass is 232 g/mol. The summed E-state index contributed by atoms with van der Waals surface area (Å²) < 4.78 is 2.91. The minimum Gasteiger partial charge on any atom is -0.480 e. The molecule has 1 heterocycles. The SMILES string of the molecule is CSN[C@@H](C)C(=O)N1CCC[C@H]1C(=O)O. The van der Waals surface area contributed by atoms with E-state index in [0.717, 1.165) is 6.42 Å². The minimum atomic E-state index is -0.905. The van der Waals surface area contributed by atoms with Gasteiger partial charge in [-0.2, -0.15) is 0 Å². The smallest absolute Gasteiger partial charge is 0.326 e. The van der Waals surface area contributed by atoms with Crippen molar-refractivity contribution in [2.24, 2.45) is 0 Å². The summed E-state index contributed by atoms with van der Waals surface area (Å²) in [7, 11) is 0. The van der Waals surface area contributed by atoms with Gasteiger partial charge in [-0.1, -0.05) is 11.9 Å². The number of aliphatic carboxylic acids is 1. The van der Waals surface area contributed by atoms with Crippen LogP contribution in [0.4, 0.5) is 0 Å². The van der Waals surface area contributed by atoms with E-state index in [-0.39, 0.29) is 11.9 Å². The highest BCUT2D eigenvalue weighted by Crippen LogP contribution is 2.18. The van der Waals surface area contributed by atoms with Crippen molar-refractivity contribution in [1.29, 1.82) is 0 Å². The zero-order valence-corrected chi connectivity index (χ0v) is 9.71. The molecule has 1 aliphatic rings. The van der Waals surface area contributed by atoms with E-state index in [2.05, 4.69) is 4.72 Å². The molecule has 1 saturated heterocycles. The molecule has 5 nitrogen and oxygen atoms in total. The topological polar surface area (TPSA) is 69.6 Å². The van der Waals surface area contributed by atoms with Gasteiger partial charge in [0.15, 0.2) is 0 Å². The maximum absolute atomic E-state index is 11.8. The largest absolute Gasteiger partial charge is 0.480 e. The highest BCUT2D eigenvalue weighted by molar-refractivity contribution is 7.96. The second kappa shape index (κ2) is 5.37. The lowest BCUT2D eigenvalue weighted by Crippen LogP contribution is -2.47. The summed E-state index contributed by atoms with van der Waals surface area (Å²) in [4.78, 5) is 24.2. The molecule has 0 bridgehead atoms. The highest BCUT2D eigenvalue weighted by Gasteiger charge is 2.35. The number of carbonyl (C=O) groups is 2. The van der Waals surface area contributed by atoms with Gasteiger partial charge in [0, 0.05) is 6.54 Å². The standard InChI is InChI=1S/C9H16N2O3S/c1-6(10-15-2)8(12)11-5-3-4-7(11)9(13)14/h6-7,10H,3-5H2,1-2H3,(H,13,14)/t6-,7-/m0/s1. The van der Waals surface area contributed by atoms with Crippen LogP contribution in [0, 0.1) is 0 Å². The Balaban J connectivity index is 2.62. The summed E-state index contributed by atoms with van der Waals surface area (Å²) in [5.41, 5.74) is 0. The molecule has 0 spiro atoms. The summed E-state index contributed by atoms with van der Waals surface area (Å²) in [5.74, 6) is -1.04. The third kappa shape index (κ3) is 2.85. The number of carboxylic acid groups (broad SMARTS) is 1. The van der Waals surface area contributed by atoms with E-state index in [0.29, 0.717) is 13.0 Å². The van der Waals surface area contributed by atoms with Gasteiger partial charge in [-0.3, -0.25) is 9.52 Å². The molecule has 0 aliphatic carbocycles. The van der Waals surface area contributed by atoms with Crippen LogP contribution in [0.15, 0.2) is 0 Å². The van der Waals surface area contributed by atoms with Crippen LogP contribution in [-0.2, 0) is 9.59 Å². The molecule has 1 amide bonds. The summed E-state index contributed by atoms with van der Waals surface area (Å²) in [6.07, 6.45) is 3.17. The first-order valence-electron chi connectivity index (χ1n) is 4.89. The van der Waals surface area contributed by atoms with Crippen LogP contribution in [-0.4, -0.2) is 46.8 Å². The molecule has 86 valence electrons. The Morgan fingerprint density at radius 2 is 2.27 bits per heavy atom. The van der Waals surface area contributed by atoms with Crippen LogP contribution in [0.3, 0.4) is 0 Å². The molecule has 1 rings (SSSR count). The molecule has 0 saturated carbocycles. The van der Waals surface area contributed by atoms with Gasteiger partial charge in [-0.25, -0.2) is 4.79 Å². The second-order valence-corrected chi connectivity index (χ2v) is 4.22. The maximum Gasteiger partial charge on any atom is 0.326 e. The molecule has 0 radical (unpaired) electrons. The van der Waals surface area contributed by atoms with Crippen LogP contribution in [0.5, 0.6) is 0 Å². The van der Waals surface area contributed by atoms with Gasteiger partial charge in [0.2, 0.25) is 5.91 Å². The van der Waals surface area contributed by atoms with Crippen LogP contribution >= 0.6 is 11.9 Å². The lowest BCUT2D eigenvalue weighted by atomic mass is 10.2. The van der Waals surface area contributed by atoms with E-state index in [4.69, 9.17) is 5.11 Å². The molecule has 2 N–H and O–H groups in total. The third-order valence-electron chi connectivity index (χ3n) is 2.49. The molecule has 0 aromatic rings. The van der Waals surface area contributed by atoms with Gasteiger partial charge in [0.05, 0.1) is 6.04 Å². The van der Waals surface area contributed by atoms with Crippen molar-refractivity contribution in [2.45, 2.75) is 31.8 Å². The number of carboxylic acids is 1. The molecule has 15 heavy (non-hydrogen) atoms. The van der Waals surface area contributed by atoms with E-state index >= 15 is 0 Å².